The van der Waals surface area contributed by atoms with E-state index in [2.05, 4.69) is 76.2 Å². The maximum atomic E-state index is 6.56. The molecular formula is C34H32Cl2N2O. The number of para-hydroxylation sites is 2. The lowest BCUT2D eigenvalue weighted by molar-refractivity contribution is 0.205. The number of fused-ring (bicyclic) bond motifs is 1. The molecule has 39 heavy (non-hydrogen) atoms. The van der Waals surface area contributed by atoms with Crippen molar-refractivity contribution < 1.29 is 4.74 Å². The third kappa shape index (κ3) is 5.19. The van der Waals surface area contributed by atoms with E-state index < -0.39 is 0 Å². The van der Waals surface area contributed by atoms with E-state index in [1.165, 1.54) is 33.3 Å². The van der Waals surface area contributed by atoms with E-state index >= 15 is 0 Å². The Bertz CT molecular complexity index is 1570. The summed E-state index contributed by atoms with van der Waals surface area (Å²) in [5.41, 5.74) is 7.41. The highest BCUT2D eigenvalue weighted by Crippen LogP contribution is 2.40. The van der Waals surface area contributed by atoms with E-state index in [4.69, 9.17) is 27.9 Å². The second-order valence-electron chi connectivity index (χ2n) is 10.3. The van der Waals surface area contributed by atoms with E-state index in [0.29, 0.717) is 5.92 Å². The van der Waals surface area contributed by atoms with Crippen LogP contribution < -0.4 is 4.74 Å². The quantitative estimate of drug-likeness (QED) is 0.199. The minimum atomic E-state index is 0.392. The molecule has 6 rings (SSSR count). The molecule has 1 aromatic heterocycles. The first-order valence-corrected chi connectivity index (χ1v) is 14.3. The van der Waals surface area contributed by atoms with E-state index in [1.807, 2.05) is 30.3 Å². The number of nitrogens with zero attached hydrogens (tertiary/aromatic N) is 2. The van der Waals surface area contributed by atoms with Crippen LogP contribution in [0.4, 0.5) is 0 Å². The van der Waals surface area contributed by atoms with Crippen LogP contribution in [0.25, 0.3) is 22.2 Å². The Labute approximate surface area is 240 Å². The van der Waals surface area contributed by atoms with Gasteiger partial charge in [0.15, 0.2) is 0 Å². The molecule has 0 atom stereocenters. The molecule has 5 aromatic rings. The molecule has 0 aliphatic carbocycles. The van der Waals surface area contributed by atoms with Crippen molar-refractivity contribution in [1.82, 2.24) is 9.47 Å². The summed E-state index contributed by atoms with van der Waals surface area (Å²) in [6.07, 6.45) is 2.09. The van der Waals surface area contributed by atoms with Crippen LogP contribution in [0.5, 0.6) is 5.75 Å². The average molecular weight is 556 g/mol. The Hall–Kier alpha value is -3.24. The minimum Gasteiger partial charge on any atom is -0.496 e. The fourth-order valence-electron chi connectivity index (χ4n) is 6.13. The van der Waals surface area contributed by atoms with Gasteiger partial charge in [-0.2, -0.15) is 0 Å². The molecule has 0 spiro atoms. The molecule has 3 nitrogen and oxygen atoms in total. The van der Waals surface area contributed by atoms with E-state index in [-0.39, 0.29) is 0 Å². The number of hydrogen-bond acceptors (Lipinski definition) is 2. The van der Waals surface area contributed by atoms with Crippen molar-refractivity contribution in [2.24, 2.45) is 0 Å². The number of hydrogen-bond donors (Lipinski definition) is 0. The summed E-state index contributed by atoms with van der Waals surface area (Å²) in [6.45, 7) is 3.65. The molecule has 1 aliphatic heterocycles. The molecule has 198 valence electrons. The summed E-state index contributed by atoms with van der Waals surface area (Å²) >= 11 is 13.1. The monoisotopic (exact) mass is 554 g/mol. The topological polar surface area (TPSA) is 17.4 Å². The number of likely N-dealkylation sites (tertiary alicyclic amines) is 1. The van der Waals surface area contributed by atoms with Crippen LogP contribution in [0.3, 0.4) is 0 Å². The smallest absolute Gasteiger partial charge is 0.123 e. The zero-order chi connectivity index (χ0) is 26.8. The van der Waals surface area contributed by atoms with E-state index in [9.17, 15) is 0 Å². The minimum absolute atomic E-state index is 0.392. The maximum Gasteiger partial charge on any atom is 0.123 e. The third-order valence-electron chi connectivity index (χ3n) is 8.02. The van der Waals surface area contributed by atoms with Crippen LogP contribution in [-0.2, 0) is 13.1 Å². The van der Waals surface area contributed by atoms with Crippen LogP contribution >= 0.6 is 23.2 Å². The van der Waals surface area contributed by atoms with Crippen molar-refractivity contribution in [3.8, 4) is 17.0 Å². The lowest BCUT2D eigenvalue weighted by Crippen LogP contribution is -2.32. The molecule has 2 heterocycles. The highest BCUT2D eigenvalue weighted by atomic mass is 35.5. The standard InChI is InChI=1S/C34H32Cl2N2O/c1-39-32-17-8-5-12-26(32)22-38-31-16-7-6-13-27(31)28(34(38)25-10-3-2-4-11-25)23-37-20-18-24(19-21-37)33-29(35)14-9-15-30(33)36/h2-17,24H,18-23H2,1H3. The Morgan fingerprint density at radius 1 is 0.744 bits per heavy atom. The fraction of sp³-hybridized carbons (Fsp3) is 0.235. The lowest BCUT2D eigenvalue weighted by atomic mass is 9.89. The van der Waals surface area contributed by atoms with Crippen LogP contribution in [-0.4, -0.2) is 29.7 Å². The van der Waals surface area contributed by atoms with Gasteiger partial charge in [0.1, 0.15) is 5.75 Å². The van der Waals surface area contributed by atoms with Crippen molar-refractivity contribution in [2.45, 2.75) is 31.8 Å². The van der Waals surface area contributed by atoms with Gasteiger partial charge < -0.3 is 9.30 Å². The van der Waals surface area contributed by atoms with Gasteiger partial charge >= 0.3 is 0 Å². The van der Waals surface area contributed by atoms with Gasteiger partial charge in [0.2, 0.25) is 0 Å². The molecule has 1 saturated heterocycles. The van der Waals surface area contributed by atoms with Crippen molar-refractivity contribution in [3.05, 3.63) is 124 Å². The lowest BCUT2D eigenvalue weighted by Gasteiger charge is -2.33. The number of methoxy groups -OCH3 is 1. The van der Waals surface area contributed by atoms with Gasteiger partial charge in [0, 0.05) is 33.1 Å². The predicted octanol–water partition coefficient (Wildman–Crippen LogP) is 9.05. The second-order valence-corrected chi connectivity index (χ2v) is 11.1. The summed E-state index contributed by atoms with van der Waals surface area (Å²) in [5.74, 6) is 1.30. The highest BCUT2D eigenvalue weighted by molar-refractivity contribution is 6.36. The largest absolute Gasteiger partial charge is 0.496 e. The van der Waals surface area contributed by atoms with Crippen molar-refractivity contribution in [2.75, 3.05) is 20.2 Å². The van der Waals surface area contributed by atoms with Crippen molar-refractivity contribution in [3.63, 3.8) is 0 Å². The normalized spacial score (nSPS) is 14.6. The zero-order valence-corrected chi connectivity index (χ0v) is 23.6. The van der Waals surface area contributed by atoms with Crippen LogP contribution in [0, 0.1) is 0 Å². The highest BCUT2D eigenvalue weighted by Gasteiger charge is 2.27. The number of halogens is 2. The number of ether oxygens (including phenoxy) is 1. The fourth-order valence-corrected chi connectivity index (χ4v) is 6.84. The molecule has 0 saturated carbocycles. The van der Waals surface area contributed by atoms with Gasteiger partial charge in [-0.05, 0) is 72.8 Å². The van der Waals surface area contributed by atoms with E-state index in [1.54, 1.807) is 7.11 Å². The molecule has 0 radical (unpaired) electrons. The summed E-state index contributed by atoms with van der Waals surface area (Å²) in [4.78, 5) is 2.59. The molecular weight excluding hydrogens is 523 g/mol. The summed E-state index contributed by atoms with van der Waals surface area (Å²) in [5, 5.41) is 2.88. The van der Waals surface area contributed by atoms with Crippen molar-refractivity contribution in [1.29, 1.82) is 0 Å². The van der Waals surface area contributed by atoms with Gasteiger partial charge in [0.25, 0.3) is 0 Å². The molecule has 0 N–H and O–H groups in total. The SMILES string of the molecule is COc1ccccc1Cn1c(-c2ccccc2)c(CN2CCC(c3c(Cl)cccc3Cl)CC2)c2ccccc21. The molecule has 5 heteroatoms. The van der Waals surface area contributed by atoms with Gasteiger partial charge in [-0.25, -0.2) is 0 Å². The third-order valence-corrected chi connectivity index (χ3v) is 8.68. The Kier molecular flexibility index (Phi) is 7.65. The molecule has 0 bridgehead atoms. The Morgan fingerprint density at radius 2 is 1.41 bits per heavy atom. The van der Waals surface area contributed by atoms with Crippen LogP contribution in [0.15, 0.2) is 97.1 Å². The van der Waals surface area contributed by atoms with Gasteiger partial charge in [-0.15, -0.1) is 0 Å². The van der Waals surface area contributed by atoms with Crippen LogP contribution in [0.2, 0.25) is 10.0 Å². The summed E-state index contributed by atoms with van der Waals surface area (Å²) in [7, 11) is 1.75. The maximum absolute atomic E-state index is 6.56. The number of aromatic nitrogens is 1. The first-order valence-electron chi connectivity index (χ1n) is 13.6. The summed E-state index contributed by atoms with van der Waals surface area (Å²) in [6, 6.07) is 33.7. The number of rotatable bonds is 7. The average Bonchev–Trinajstić information content (AvgIpc) is 3.27. The number of piperidine rings is 1. The predicted molar refractivity (Wildman–Crippen MR) is 163 cm³/mol. The molecule has 0 amide bonds. The molecule has 0 unspecified atom stereocenters. The van der Waals surface area contributed by atoms with Crippen molar-refractivity contribution >= 4 is 34.1 Å². The van der Waals surface area contributed by atoms with E-state index in [0.717, 1.165) is 60.4 Å². The molecule has 1 aliphatic rings. The Morgan fingerprint density at radius 3 is 2.15 bits per heavy atom. The summed E-state index contributed by atoms with van der Waals surface area (Å²) < 4.78 is 8.19. The van der Waals surface area contributed by atoms with Crippen LogP contribution in [0.1, 0.15) is 35.4 Å². The van der Waals surface area contributed by atoms with Gasteiger partial charge in [-0.3, -0.25) is 4.90 Å². The van der Waals surface area contributed by atoms with Gasteiger partial charge in [-0.1, -0.05) is 96.0 Å². The zero-order valence-electron chi connectivity index (χ0n) is 22.1. The molecule has 4 aromatic carbocycles. The van der Waals surface area contributed by atoms with Gasteiger partial charge in [0.05, 0.1) is 19.3 Å². The second kappa shape index (κ2) is 11.5. The first kappa shape index (κ1) is 26.0. The molecule has 1 fully saturated rings. The Balaban J connectivity index is 1.37. The first-order chi connectivity index (χ1) is 19.1. The number of benzene rings is 4.